The van der Waals surface area contributed by atoms with E-state index in [0.717, 1.165) is 5.56 Å². The van der Waals surface area contributed by atoms with Crippen LogP contribution in [0.1, 0.15) is 22.8 Å². The summed E-state index contributed by atoms with van der Waals surface area (Å²) in [6, 6.07) is 12.3. The largest absolute Gasteiger partial charge is 0.450 e. The Bertz CT molecular complexity index is 815. The van der Waals surface area contributed by atoms with E-state index in [9.17, 15) is 14.0 Å². The number of hydrogen-bond donors (Lipinski definition) is 4. The van der Waals surface area contributed by atoms with Gasteiger partial charge in [-0.15, -0.1) is 0 Å². The molecule has 7 nitrogen and oxygen atoms in total. The van der Waals surface area contributed by atoms with Gasteiger partial charge in [0.25, 0.3) is 5.91 Å². The minimum absolute atomic E-state index is 0.202. The average Bonchev–Trinajstić information content (AvgIpc) is 2.66. The standard InChI is InChI=1S/C18H19FN4O3S/c1-2-26-18(25)21-15-5-3-4-13(10-15)16(24)22-23-17(27)20-11-12-6-8-14(19)9-7-12/h3-10H,2,11H2,1H3,(H,21,25)(H,22,24)(H2,20,23,27). The highest BCUT2D eigenvalue weighted by Crippen LogP contribution is 2.11. The molecule has 0 unspecified atom stereocenters. The Kier molecular flexibility index (Phi) is 7.50. The molecule has 0 heterocycles. The van der Waals surface area contributed by atoms with Crippen molar-refractivity contribution in [2.45, 2.75) is 13.5 Å². The summed E-state index contributed by atoms with van der Waals surface area (Å²) in [5.41, 5.74) is 6.62. The van der Waals surface area contributed by atoms with Gasteiger partial charge in [0.15, 0.2) is 5.11 Å². The molecule has 0 saturated carbocycles. The van der Waals surface area contributed by atoms with Crippen molar-refractivity contribution in [3.63, 3.8) is 0 Å². The summed E-state index contributed by atoms with van der Waals surface area (Å²) < 4.78 is 17.6. The van der Waals surface area contributed by atoms with E-state index in [0.29, 0.717) is 17.8 Å². The SMILES string of the molecule is CCOC(=O)Nc1cccc(C(=O)NNC(=S)NCc2ccc(F)cc2)c1. The fraction of sp³-hybridized carbons (Fsp3) is 0.167. The number of hydrogen-bond acceptors (Lipinski definition) is 4. The molecule has 0 aromatic heterocycles. The molecule has 4 N–H and O–H groups in total. The van der Waals surface area contributed by atoms with Crippen molar-refractivity contribution in [2.24, 2.45) is 0 Å². The summed E-state index contributed by atoms with van der Waals surface area (Å²) >= 11 is 5.07. The predicted molar refractivity (Wildman–Crippen MR) is 104 cm³/mol. The van der Waals surface area contributed by atoms with Gasteiger partial charge >= 0.3 is 6.09 Å². The third-order valence-corrected chi connectivity index (χ3v) is 3.55. The van der Waals surface area contributed by atoms with Gasteiger partial charge in [-0.05, 0) is 55.0 Å². The minimum atomic E-state index is -0.598. The molecule has 0 aliphatic heterocycles. The highest BCUT2D eigenvalue weighted by molar-refractivity contribution is 7.80. The molecule has 2 aromatic rings. The lowest BCUT2D eigenvalue weighted by atomic mass is 10.2. The molecule has 142 valence electrons. The maximum Gasteiger partial charge on any atom is 0.411 e. The number of anilines is 1. The van der Waals surface area contributed by atoms with E-state index < -0.39 is 12.0 Å². The Balaban J connectivity index is 1.81. The molecule has 27 heavy (non-hydrogen) atoms. The van der Waals surface area contributed by atoms with Gasteiger partial charge in [0.2, 0.25) is 0 Å². The lowest BCUT2D eigenvalue weighted by molar-refractivity contribution is 0.0943. The topological polar surface area (TPSA) is 91.5 Å². The van der Waals surface area contributed by atoms with Crippen LogP contribution in [-0.4, -0.2) is 23.7 Å². The lowest BCUT2D eigenvalue weighted by Gasteiger charge is -2.12. The Morgan fingerprint density at radius 1 is 1.11 bits per heavy atom. The number of rotatable bonds is 5. The second kappa shape index (κ2) is 10.1. The van der Waals surface area contributed by atoms with Crippen LogP contribution < -0.4 is 21.5 Å². The van der Waals surface area contributed by atoms with Crippen LogP contribution in [0.3, 0.4) is 0 Å². The molecule has 0 radical (unpaired) electrons. The van der Waals surface area contributed by atoms with E-state index >= 15 is 0 Å². The van der Waals surface area contributed by atoms with E-state index in [1.165, 1.54) is 18.2 Å². The number of nitrogens with one attached hydrogen (secondary N) is 4. The first kappa shape index (κ1) is 20.1. The number of amides is 2. The summed E-state index contributed by atoms with van der Waals surface area (Å²) in [5.74, 6) is -0.750. The minimum Gasteiger partial charge on any atom is -0.450 e. The number of hydrazine groups is 1. The molecule has 0 aliphatic rings. The van der Waals surface area contributed by atoms with Crippen LogP contribution in [0.25, 0.3) is 0 Å². The maximum atomic E-state index is 12.9. The van der Waals surface area contributed by atoms with Crippen LogP contribution in [0.2, 0.25) is 0 Å². The molecular formula is C18H19FN4O3S. The molecule has 0 spiro atoms. The number of ether oxygens (including phenoxy) is 1. The van der Waals surface area contributed by atoms with Gasteiger partial charge in [-0.2, -0.15) is 0 Å². The lowest BCUT2D eigenvalue weighted by Crippen LogP contribution is -2.46. The third-order valence-electron chi connectivity index (χ3n) is 3.30. The van der Waals surface area contributed by atoms with Crippen LogP contribution >= 0.6 is 12.2 Å². The van der Waals surface area contributed by atoms with Gasteiger partial charge in [-0.25, -0.2) is 9.18 Å². The first-order valence-corrected chi connectivity index (χ1v) is 8.51. The fourth-order valence-corrected chi connectivity index (χ4v) is 2.16. The molecule has 0 saturated heterocycles. The number of benzene rings is 2. The zero-order valence-electron chi connectivity index (χ0n) is 14.5. The first-order valence-electron chi connectivity index (χ1n) is 8.10. The van der Waals surface area contributed by atoms with Gasteiger partial charge in [0.05, 0.1) is 6.61 Å². The number of carbonyl (C=O) groups excluding carboxylic acids is 2. The maximum absolute atomic E-state index is 12.9. The van der Waals surface area contributed by atoms with Crippen LogP contribution in [0, 0.1) is 5.82 Å². The van der Waals surface area contributed by atoms with E-state index in [2.05, 4.69) is 21.5 Å². The van der Waals surface area contributed by atoms with Gasteiger partial charge in [-0.3, -0.25) is 21.0 Å². The predicted octanol–water partition coefficient (Wildman–Crippen LogP) is 2.70. The normalized spacial score (nSPS) is 9.85. The van der Waals surface area contributed by atoms with Gasteiger partial charge in [0, 0.05) is 17.8 Å². The number of thiocarbonyl (C=S) groups is 1. The zero-order chi connectivity index (χ0) is 19.6. The molecule has 0 atom stereocenters. The van der Waals surface area contributed by atoms with Gasteiger partial charge < -0.3 is 10.1 Å². The Morgan fingerprint density at radius 2 is 1.85 bits per heavy atom. The third kappa shape index (κ3) is 6.90. The second-order valence-electron chi connectivity index (χ2n) is 5.31. The second-order valence-corrected chi connectivity index (χ2v) is 5.72. The van der Waals surface area contributed by atoms with E-state index in [4.69, 9.17) is 17.0 Å². The molecule has 0 bridgehead atoms. The molecule has 0 fully saturated rings. The summed E-state index contributed by atoms with van der Waals surface area (Å²) in [6.45, 7) is 2.32. The first-order chi connectivity index (χ1) is 13.0. The molecule has 2 amide bonds. The van der Waals surface area contributed by atoms with Crippen molar-refractivity contribution >= 4 is 35.0 Å². The Labute approximate surface area is 161 Å². The molecule has 2 rings (SSSR count). The van der Waals surface area contributed by atoms with Crippen LogP contribution in [0.5, 0.6) is 0 Å². The summed E-state index contributed by atoms with van der Waals surface area (Å²) in [5, 5.41) is 5.61. The Hall–Kier alpha value is -3.20. The van der Waals surface area contributed by atoms with E-state index in [-0.39, 0.29) is 17.5 Å². The van der Waals surface area contributed by atoms with Crippen molar-refractivity contribution in [3.8, 4) is 0 Å². The summed E-state index contributed by atoms with van der Waals surface area (Å²) in [6.07, 6.45) is -0.598. The van der Waals surface area contributed by atoms with Crippen LogP contribution in [0.4, 0.5) is 14.9 Å². The monoisotopic (exact) mass is 390 g/mol. The van der Waals surface area contributed by atoms with Crippen molar-refractivity contribution in [1.29, 1.82) is 0 Å². The molecular weight excluding hydrogens is 371 g/mol. The van der Waals surface area contributed by atoms with Crippen molar-refractivity contribution < 1.29 is 18.7 Å². The van der Waals surface area contributed by atoms with Gasteiger partial charge in [0.1, 0.15) is 5.82 Å². The smallest absolute Gasteiger partial charge is 0.411 e. The van der Waals surface area contributed by atoms with Crippen molar-refractivity contribution in [1.82, 2.24) is 16.2 Å². The fourth-order valence-electron chi connectivity index (χ4n) is 2.04. The van der Waals surface area contributed by atoms with Crippen LogP contribution in [-0.2, 0) is 11.3 Å². The quantitative estimate of drug-likeness (QED) is 0.464. The molecule has 9 heteroatoms. The average molecular weight is 390 g/mol. The Morgan fingerprint density at radius 3 is 2.56 bits per heavy atom. The molecule has 2 aromatic carbocycles. The number of carbonyl (C=O) groups is 2. The van der Waals surface area contributed by atoms with Gasteiger partial charge in [-0.1, -0.05) is 18.2 Å². The molecule has 0 aliphatic carbocycles. The highest BCUT2D eigenvalue weighted by Gasteiger charge is 2.08. The van der Waals surface area contributed by atoms with Crippen LogP contribution in [0.15, 0.2) is 48.5 Å². The number of halogens is 1. The summed E-state index contributed by atoms with van der Waals surface area (Å²) in [7, 11) is 0. The summed E-state index contributed by atoms with van der Waals surface area (Å²) in [4.78, 5) is 23.6. The van der Waals surface area contributed by atoms with E-state index in [1.54, 1.807) is 37.3 Å². The highest BCUT2D eigenvalue weighted by atomic mass is 32.1. The van der Waals surface area contributed by atoms with Crippen molar-refractivity contribution in [2.75, 3.05) is 11.9 Å². The zero-order valence-corrected chi connectivity index (χ0v) is 15.4. The van der Waals surface area contributed by atoms with Crippen molar-refractivity contribution in [3.05, 3.63) is 65.5 Å². The van der Waals surface area contributed by atoms with E-state index in [1.807, 2.05) is 0 Å².